The summed E-state index contributed by atoms with van der Waals surface area (Å²) >= 11 is 0. The van der Waals surface area contributed by atoms with Crippen LogP contribution >= 0.6 is 0 Å². The average molecular weight is 257 g/mol. The first-order valence-electron chi connectivity index (χ1n) is 6.46. The third-order valence-electron chi connectivity index (χ3n) is 3.44. The number of H-pyrrole nitrogens is 2. The van der Waals surface area contributed by atoms with E-state index in [9.17, 15) is 9.59 Å². The summed E-state index contributed by atoms with van der Waals surface area (Å²) in [5.74, 6) is 0. The average Bonchev–Trinajstić information content (AvgIpc) is 2.81. The quantitative estimate of drug-likeness (QED) is 0.753. The van der Waals surface area contributed by atoms with Gasteiger partial charge in [0, 0.05) is 11.9 Å². The number of aromatic nitrogens is 3. The van der Waals surface area contributed by atoms with E-state index < -0.39 is 0 Å². The number of hydrogen-bond acceptors (Lipinski definition) is 2. The van der Waals surface area contributed by atoms with Gasteiger partial charge >= 0.3 is 0 Å². The van der Waals surface area contributed by atoms with Crippen LogP contribution in [0.2, 0.25) is 0 Å². The largest absolute Gasteiger partial charge is 0.307 e. The van der Waals surface area contributed by atoms with Gasteiger partial charge in [-0.05, 0) is 12.5 Å². The highest BCUT2D eigenvalue weighted by Crippen LogP contribution is 2.19. The van der Waals surface area contributed by atoms with Crippen molar-refractivity contribution in [1.29, 1.82) is 0 Å². The monoisotopic (exact) mass is 257 g/mol. The molecule has 0 bridgehead atoms. The standard InChI is InChI=1S/C14H15N3O2/c1-2-3-8-17-10-7-5-4-6-9(10)12-11(14(17)19)13(18)16-15-12/h4-7H,2-3,8H2,1H3,(H2,15,16,18). The molecule has 0 fully saturated rings. The second kappa shape index (κ2) is 4.42. The molecule has 0 aliphatic carbocycles. The minimum Gasteiger partial charge on any atom is -0.307 e. The molecule has 0 radical (unpaired) electrons. The van der Waals surface area contributed by atoms with Gasteiger partial charge in [0.2, 0.25) is 0 Å². The number of fused-ring (bicyclic) bond motifs is 3. The van der Waals surface area contributed by atoms with Crippen molar-refractivity contribution in [2.24, 2.45) is 0 Å². The van der Waals surface area contributed by atoms with E-state index in [1.54, 1.807) is 4.57 Å². The first-order valence-corrected chi connectivity index (χ1v) is 6.46. The molecule has 0 saturated carbocycles. The summed E-state index contributed by atoms with van der Waals surface area (Å²) in [6.07, 6.45) is 1.92. The first kappa shape index (κ1) is 11.8. The van der Waals surface area contributed by atoms with Gasteiger partial charge in [-0.3, -0.25) is 19.8 Å². The third-order valence-corrected chi connectivity index (χ3v) is 3.44. The molecule has 1 aromatic carbocycles. The van der Waals surface area contributed by atoms with Crippen LogP contribution in [0.3, 0.4) is 0 Å². The van der Waals surface area contributed by atoms with Crippen molar-refractivity contribution >= 4 is 21.8 Å². The van der Waals surface area contributed by atoms with Crippen LogP contribution in [0.5, 0.6) is 0 Å². The number of pyridine rings is 1. The number of unbranched alkanes of at least 4 members (excludes halogenated alkanes) is 1. The summed E-state index contributed by atoms with van der Waals surface area (Å²) in [7, 11) is 0. The number of aryl methyl sites for hydroxylation is 1. The lowest BCUT2D eigenvalue weighted by Crippen LogP contribution is -2.24. The second-order valence-electron chi connectivity index (χ2n) is 4.66. The van der Waals surface area contributed by atoms with Gasteiger partial charge in [-0.1, -0.05) is 31.5 Å². The van der Waals surface area contributed by atoms with Crippen molar-refractivity contribution in [1.82, 2.24) is 14.8 Å². The molecular formula is C14H15N3O2. The SMILES string of the molecule is CCCCn1c(=O)c2c(=O)[nH][nH]c2c2ccccc21. The number of hydrogen-bond donors (Lipinski definition) is 2. The zero-order valence-corrected chi connectivity index (χ0v) is 10.7. The maximum atomic E-state index is 12.5. The van der Waals surface area contributed by atoms with Crippen molar-refractivity contribution in [2.45, 2.75) is 26.3 Å². The van der Waals surface area contributed by atoms with Crippen LogP contribution < -0.4 is 11.1 Å². The molecule has 3 aromatic rings. The van der Waals surface area contributed by atoms with Crippen LogP contribution in [-0.4, -0.2) is 14.8 Å². The molecule has 0 unspecified atom stereocenters. The van der Waals surface area contributed by atoms with Crippen LogP contribution in [0.1, 0.15) is 19.8 Å². The molecule has 0 aliphatic rings. The molecule has 0 atom stereocenters. The summed E-state index contributed by atoms with van der Waals surface area (Å²) in [5.41, 5.74) is 0.891. The summed E-state index contributed by atoms with van der Waals surface area (Å²) in [6.45, 7) is 2.71. The number of para-hydroxylation sites is 1. The van der Waals surface area contributed by atoms with Crippen LogP contribution in [0.25, 0.3) is 21.8 Å². The molecule has 0 amide bonds. The van der Waals surface area contributed by atoms with Crippen LogP contribution in [0.4, 0.5) is 0 Å². The van der Waals surface area contributed by atoms with E-state index >= 15 is 0 Å². The normalized spacial score (nSPS) is 11.4. The Morgan fingerprint density at radius 1 is 1.16 bits per heavy atom. The molecule has 5 heteroatoms. The molecule has 19 heavy (non-hydrogen) atoms. The summed E-state index contributed by atoms with van der Waals surface area (Å²) in [4.78, 5) is 24.2. The zero-order valence-electron chi connectivity index (χ0n) is 10.7. The fourth-order valence-electron chi connectivity index (χ4n) is 2.47. The number of nitrogens with zero attached hydrogens (tertiary/aromatic N) is 1. The van der Waals surface area contributed by atoms with E-state index in [4.69, 9.17) is 0 Å². The molecule has 2 aromatic heterocycles. The first-order chi connectivity index (χ1) is 9.24. The Morgan fingerprint density at radius 2 is 1.95 bits per heavy atom. The van der Waals surface area contributed by atoms with Crippen LogP contribution in [0, 0.1) is 0 Å². The number of nitrogens with one attached hydrogen (secondary N) is 2. The Hall–Kier alpha value is -2.30. The van der Waals surface area contributed by atoms with E-state index in [1.165, 1.54) is 0 Å². The van der Waals surface area contributed by atoms with Crippen molar-refractivity contribution in [3.05, 3.63) is 45.0 Å². The summed E-state index contributed by atoms with van der Waals surface area (Å²) in [5, 5.41) is 6.42. The highest BCUT2D eigenvalue weighted by atomic mass is 16.1. The summed E-state index contributed by atoms with van der Waals surface area (Å²) < 4.78 is 1.70. The maximum absolute atomic E-state index is 12.5. The fraction of sp³-hybridized carbons (Fsp3) is 0.286. The fourth-order valence-corrected chi connectivity index (χ4v) is 2.47. The Morgan fingerprint density at radius 3 is 2.74 bits per heavy atom. The molecule has 0 spiro atoms. The molecule has 0 aliphatic heterocycles. The Labute approximate surface area is 108 Å². The summed E-state index contributed by atoms with van der Waals surface area (Å²) in [6, 6.07) is 7.64. The van der Waals surface area contributed by atoms with Crippen LogP contribution in [0.15, 0.2) is 33.9 Å². The lowest BCUT2D eigenvalue weighted by atomic mass is 10.1. The van der Waals surface area contributed by atoms with E-state index in [1.807, 2.05) is 24.3 Å². The van der Waals surface area contributed by atoms with Gasteiger partial charge < -0.3 is 4.57 Å². The van der Waals surface area contributed by atoms with Gasteiger partial charge in [-0.2, -0.15) is 0 Å². The predicted molar refractivity (Wildman–Crippen MR) is 75.6 cm³/mol. The smallest absolute Gasteiger partial charge is 0.277 e. The van der Waals surface area contributed by atoms with Gasteiger partial charge in [0.05, 0.1) is 11.0 Å². The van der Waals surface area contributed by atoms with Gasteiger partial charge in [-0.25, -0.2) is 0 Å². The zero-order chi connectivity index (χ0) is 13.4. The highest BCUT2D eigenvalue weighted by molar-refractivity contribution is 6.02. The van der Waals surface area contributed by atoms with Crippen molar-refractivity contribution in [2.75, 3.05) is 0 Å². The van der Waals surface area contributed by atoms with Gasteiger partial charge in [-0.15, -0.1) is 0 Å². The number of benzene rings is 1. The minimum atomic E-state index is -0.351. The molecule has 2 heterocycles. The third kappa shape index (κ3) is 1.69. The van der Waals surface area contributed by atoms with E-state index in [2.05, 4.69) is 17.1 Å². The van der Waals surface area contributed by atoms with E-state index in [0.717, 1.165) is 23.7 Å². The van der Waals surface area contributed by atoms with Gasteiger partial charge in [0.1, 0.15) is 5.39 Å². The molecule has 0 saturated heterocycles. The highest BCUT2D eigenvalue weighted by Gasteiger charge is 2.14. The molecular weight excluding hydrogens is 242 g/mol. The van der Waals surface area contributed by atoms with Gasteiger partial charge in [0.25, 0.3) is 11.1 Å². The van der Waals surface area contributed by atoms with E-state index in [-0.39, 0.29) is 16.5 Å². The topological polar surface area (TPSA) is 70.7 Å². The van der Waals surface area contributed by atoms with Crippen molar-refractivity contribution < 1.29 is 0 Å². The second-order valence-corrected chi connectivity index (χ2v) is 4.66. The molecule has 2 N–H and O–H groups in total. The number of rotatable bonds is 3. The lowest BCUT2D eigenvalue weighted by Gasteiger charge is -2.10. The van der Waals surface area contributed by atoms with Crippen LogP contribution in [-0.2, 0) is 6.54 Å². The molecule has 3 rings (SSSR count). The van der Waals surface area contributed by atoms with Gasteiger partial charge in [0.15, 0.2) is 0 Å². The Balaban J connectivity index is 2.49. The Bertz CT molecular complexity index is 854. The molecule has 98 valence electrons. The molecule has 5 nitrogen and oxygen atoms in total. The predicted octanol–water partition coefficient (Wildman–Crippen LogP) is 1.97. The number of aromatic amines is 2. The van der Waals surface area contributed by atoms with E-state index in [0.29, 0.717) is 12.1 Å². The Kier molecular flexibility index (Phi) is 2.74. The van der Waals surface area contributed by atoms with Crippen molar-refractivity contribution in [3.63, 3.8) is 0 Å². The lowest BCUT2D eigenvalue weighted by molar-refractivity contribution is 0.635. The maximum Gasteiger partial charge on any atom is 0.277 e. The minimum absolute atomic E-state index is 0.217. The van der Waals surface area contributed by atoms with Crippen molar-refractivity contribution in [3.8, 4) is 0 Å².